The number of para-hydroxylation sites is 2. The second kappa shape index (κ2) is 7.58. The molecule has 1 unspecified atom stereocenters. The van der Waals surface area contributed by atoms with Crippen LogP contribution >= 0.6 is 23.2 Å². The van der Waals surface area contributed by atoms with Gasteiger partial charge in [-0.05, 0) is 42.0 Å². The molecule has 0 bridgehead atoms. The first kappa shape index (κ1) is 20.7. The van der Waals surface area contributed by atoms with Crippen LogP contribution in [0.2, 0.25) is 10.0 Å². The van der Waals surface area contributed by atoms with Crippen LogP contribution in [-0.2, 0) is 4.74 Å². The Hall–Kier alpha value is -3.88. The largest absolute Gasteiger partial charge is 0.465 e. The number of esters is 1. The van der Waals surface area contributed by atoms with Crippen molar-refractivity contribution >= 4 is 63.0 Å². The lowest BCUT2D eigenvalue weighted by molar-refractivity contribution is 0.0600. The first-order valence-corrected chi connectivity index (χ1v) is 11.1. The first-order valence-electron chi connectivity index (χ1n) is 10.3. The highest BCUT2D eigenvalue weighted by Gasteiger charge is 2.32. The van der Waals surface area contributed by atoms with Gasteiger partial charge in [0.15, 0.2) is 0 Å². The van der Waals surface area contributed by atoms with E-state index in [9.17, 15) is 9.59 Å². The lowest BCUT2D eigenvalue weighted by Gasteiger charge is -2.31. The summed E-state index contributed by atoms with van der Waals surface area (Å²) in [6.07, 6.45) is -0.632. The van der Waals surface area contributed by atoms with E-state index in [0.29, 0.717) is 33.4 Å². The number of ether oxygens (including phenoxy) is 1. The molecule has 5 aromatic rings. The molecular weight excluding hydrogens is 477 g/mol. The average Bonchev–Trinajstić information content (AvgIpc) is 3.21. The van der Waals surface area contributed by atoms with Gasteiger partial charge in [0, 0.05) is 5.02 Å². The number of nitrogens with zero attached hydrogens (tertiary/aromatic N) is 4. The number of halogens is 2. The number of hydrogen-bond acceptors (Lipinski definition) is 6. The SMILES string of the molecule is COC(=O)c1ccc(C2n3c(nc4c(Cl)cc(Cl)cc4c3=O)Nc3nc4ccccc4n32)cc1. The summed E-state index contributed by atoms with van der Waals surface area (Å²) in [5.41, 5.74) is 2.76. The van der Waals surface area contributed by atoms with Crippen LogP contribution in [0.4, 0.5) is 11.9 Å². The second-order valence-electron chi connectivity index (χ2n) is 7.80. The van der Waals surface area contributed by atoms with Gasteiger partial charge < -0.3 is 4.74 Å². The van der Waals surface area contributed by atoms with Gasteiger partial charge in [0.25, 0.3) is 5.56 Å². The summed E-state index contributed by atoms with van der Waals surface area (Å²) in [6.45, 7) is 0. The molecule has 0 amide bonds. The summed E-state index contributed by atoms with van der Waals surface area (Å²) in [5, 5.41) is 4.10. The minimum Gasteiger partial charge on any atom is -0.465 e. The van der Waals surface area contributed by atoms with E-state index in [-0.39, 0.29) is 10.6 Å². The number of methoxy groups -OCH3 is 1. The monoisotopic (exact) mass is 491 g/mol. The van der Waals surface area contributed by atoms with Gasteiger partial charge in [-0.3, -0.25) is 19.2 Å². The van der Waals surface area contributed by atoms with Gasteiger partial charge in [0.05, 0.1) is 39.6 Å². The molecule has 1 N–H and O–H groups in total. The fourth-order valence-electron chi connectivity index (χ4n) is 4.35. The molecule has 34 heavy (non-hydrogen) atoms. The maximum absolute atomic E-state index is 13.8. The number of hydrogen-bond donors (Lipinski definition) is 1. The van der Waals surface area contributed by atoms with Gasteiger partial charge in [-0.2, -0.15) is 0 Å². The van der Waals surface area contributed by atoms with Crippen molar-refractivity contribution in [1.82, 2.24) is 19.1 Å². The molecule has 3 aromatic carbocycles. The number of anilines is 2. The summed E-state index contributed by atoms with van der Waals surface area (Å²) in [6, 6.07) is 17.6. The van der Waals surface area contributed by atoms with E-state index in [0.717, 1.165) is 16.6 Å². The lowest BCUT2D eigenvalue weighted by Crippen LogP contribution is -2.36. The topological polar surface area (TPSA) is 91.0 Å². The zero-order valence-corrected chi connectivity index (χ0v) is 19.1. The zero-order valence-electron chi connectivity index (χ0n) is 17.6. The van der Waals surface area contributed by atoms with Crippen molar-refractivity contribution in [1.29, 1.82) is 0 Å². The molecule has 1 atom stereocenters. The highest BCUT2D eigenvalue weighted by Crippen LogP contribution is 2.37. The van der Waals surface area contributed by atoms with Crippen LogP contribution in [0.25, 0.3) is 21.9 Å². The molecule has 0 aliphatic carbocycles. The zero-order chi connectivity index (χ0) is 23.6. The van der Waals surface area contributed by atoms with Crippen molar-refractivity contribution in [2.75, 3.05) is 12.4 Å². The Bertz CT molecular complexity index is 1690. The fourth-order valence-corrected chi connectivity index (χ4v) is 4.88. The standard InChI is InChI=1S/C24H15Cl2N5O3/c1-34-22(33)13-8-6-12(7-9-13)20-30-18-5-3-2-4-17(18)27-23(30)29-24-28-19-15(21(32)31(20)24)10-14(25)11-16(19)26/h2-11,20H,1H3,(H,27,28,29). The molecule has 10 heteroatoms. The van der Waals surface area contributed by atoms with Crippen LogP contribution in [0.1, 0.15) is 22.1 Å². The molecule has 0 spiro atoms. The quantitative estimate of drug-likeness (QED) is 0.343. The third-order valence-corrected chi connectivity index (χ3v) is 6.37. The molecule has 0 fully saturated rings. The Balaban J connectivity index is 1.67. The van der Waals surface area contributed by atoms with Crippen LogP contribution in [-0.4, -0.2) is 32.2 Å². The maximum Gasteiger partial charge on any atom is 0.337 e. The highest BCUT2D eigenvalue weighted by molar-refractivity contribution is 6.38. The molecule has 0 saturated carbocycles. The van der Waals surface area contributed by atoms with Crippen molar-refractivity contribution < 1.29 is 9.53 Å². The Labute approximate surface area is 202 Å². The molecule has 1 aliphatic rings. The van der Waals surface area contributed by atoms with Gasteiger partial charge in [-0.1, -0.05) is 47.5 Å². The molecule has 8 nitrogen and oxygen atoms in total. The van der Waals surface area contributed by atoms with E-state index < -0.39 is 12.1 Å². The number of rotatable bonds is 2. The Kier molecular flexibility index (Phi) is 4.62. The number of carbonyl (C=O) groups excluding carboxylic acids is 1. The second-order valence-corrected chi connectivity index (χ2v) is 8.64. The van der Waals surface area contributed by atoms with E-state index in [1.54, 1.807) is 41.0 Å². The maximum atomic E-state index is 13.8. The van der Waals surface area contributed by atoms with Crippen molar-refractivity contribution in [2.45, 2.75) is 6.17 Å². The van der Waals surface area contributed by atoms with Crippen LogP contribution in [0.5, 0.6) is 0 Å². The van der Waals surface area contributed by atoms with Crippen LogP contribution in [0.3, 0.4) is 0 Å². The van der Waals surface area contributed by atoms with Crippen molar-refractivity contribution in [3.63, 3.8) is 0 Å². The number of carbonyl (C=O) groups is 1. The summed E-state index contributed by atoms with van der Waals surface area (Å²) in [4.78, 5) is 35.1. The van der Waals surface area contributed by atoms with Gasteiger partial charge in [0.1, 0.15) is 6.17 Å². The predicted octanol–water partition coefficient (Wildman–Crippen LogP) is 4.99. The minimum atomic E-state index is -0.632. The van der Waals surface area contributed by atoms with Crippen molar-refractivity contribution in [3.05, 3.63) is 92.2 Å². The average molecular weight is 492 g/mol. The number of fused-ring (bicyclic) bond motifs is 5. The summed E-state index contributed by atoms with van der Waals surface area (Å²) in [7, 11) is 1.33. The van der Waals surface area contributed by atoms with E-state index in [1.165, 1.54) is 7.11 Å². The van der Waals surface area contributed by atoms with Gasteiger partial charge in [-0.15, -0.1) is 0 Å². The van der Waals surface area contributed by atoms with E-state index in [4.69, 9.17) is 32.9 Å². The smallest absolute Gasteiger partial charge is 0.337 e. The number of aromatic nitrogens is 4. The molecule has 0 saturated heterocycles. The molecule has 1 aliphatic heterocycles. The lowest BCUT2D eigenvalue weighted by atomic mass is 10.1. The van der Waals surface area contributed by atoms with Crippen molar-refractivity contribution in [3.8, 4) is 0 Å². The molecule has 0 radical (unpaired) electrons. The highest BCUT2D eigenvalue weighted by atomic mass is 35.5. The molecular formula is C24H15Cl2N5O3. The molecule has 3 heterocycles. The van der Waals surface area contributed by atoms with E-state index >= 15 is 0 Å². The third-order valence-electron chi connectivity index (χ3n) is 5.86. The molecule has 168 valence electrons. The predicted molar refractivity (Wildman–Crippen MR) is 130 cm³/mol. The first-order chi connectivity index (χ1) is 16.5. The molecule has 6 rings (SSSR count). The Morgan fingerprint density at radius 1 is 1.00 bits per heavy atom. The Morgan fingerprint density at radius 3 is 2.50 bits per heavy atom. The van der Waals surface area contributed by atoms with Crippen LogP contribution in [0.15, 0.2) is 65.5 Å². The number of imidazole rings is 1. The van der Waals surface area contributed by atoms with E-state index in [2.05, 4.69) is 10.3 Å². The van der Waals surface area contributed by atoms with Gasteiger partial charge in [0.2, 0.25) is 11.9 Å². The Morgan fingerprint density at radius 2 is 1.74 bits per heavy atom. The number of nitrogens with one attached hydrogen (secondary N) is 1. The summed E-state index contributed by atoms with van der Waals surface area (Å²) < 4.78 is 8.29. The van der Waals surface area contributed by atoms with Crippen molar-refractivity contribution in [2.24, 2.45) is 0 Å². The van der Waals surface area contributed by atoms with Gasteiger partial charge in [-0.25, -0.2) is 14.8 Å². The normalized spacial score (nSPS) is 14.5. The van der Waals surface area contributed by atoms with Gasteiger partial charge >= 0.3 is 5.97 Å². The van der Waals surface area contributed by atoms with Crippen LogP contribution in [0, 0.1) is 0 Å². The minimum absolute atomic E-state index is 0.280. The molecule has 2 aromatic heterocycles. The van der Waals surface area contributed by atoms with Crippen LogP contribution < -0.4 is 10.9 Å². The fraction of sp³-hybridized carbons (Fsp3) is 0.0833. The third kappa shape index (κ3) is 2.99. The summed E-state index contributed by atoms with van der Waals surface area (Å²) >= 11 is 12.6. The number of benzene rings is 3. The van der Waals surface area contributed by atoms with E-state index in [1.807, 2.05) is 28.8 Å². The summed E-state index contributed by atoms with van der Waals surface area (Å²) in [5.74, 6) is 0.381.